The molecule has 0 aliphatic carbocycles. The van der Waals surface area contributed by atoms with E-state index in [1.807, 2.05) is 48.5 Å². The van der Waals surface area contributed by atoms with Gasteiger partial charge < -0.3 is 0 Å². The van der Waals surface area contributed by atoms with Gasteiger partial charge in [0, 0.05) is 0 Å². The van der Waals surface area contributed by atoms with Crippen LogP contribution >= 0.6 is 0 Å². The zero-order valence-corrected chi connectivity index (χ0v) is 37.2. The van der Waals surface area contributed by atoms with E-state index in [1.165, 1.54) is 25.0 Å². The van der Waals surface area contributed by atoms with E-state index in [0.29, 0.717) is 24.0 Å². The molecule has 0 N–H and O–H groups in total. The Labute approximate surface area is 366 Å². The van der Waals surface area contributed by atoms with E-state index in [9.17, 15) is 26.3 Å². The Balaban J connectivity index is 0.000000234. The third-order valence-corrected chi connectivity index (χ3v) is 12.5. The maximum absolute atomic E-state index is 14.0. The molecule has 0 fully saturated rings. The van der Waals surface area contributed by atoms with Crippen LogP contribution in [0.25, 0.3) is 44.5 Å². The Morgan fingerprint density at radius 3 is 0.903 bits per heavy atom. The largest absolute Gasteiger partial charge is 0.398 e. The molecule has 0 spiro atoms. The molecular formula is C56H62F6. The molecule has 0 aromatic heterocycles. The smallest absolute Gasteiger partial charge is 0.170 e. The van der Waals surface area contributed by atoms with Crippen molar-refractivity contribution in [1.29, 1.82) is 0 Å². The summed E-state index contributed by atoms with van der Waals surface area (Å²) in [5, 5.41) is 0. The van der Waals surface area contributed by atoms with E-state index in [2.05, 4.69) is 100 Å². The van der Waals surface area contributed by atoms with Crippen molar-refractivity contribution in [2.75, 3.05) is 0 Å². The van der Waals surface area contributed by atoms with E-state index in [4.69, 9.17) is 0 Å². The molecule has 6 aromatic carbocycles. The van der Waals surface area contributed by atoms with Gasteiger partial charge in [0.15, 0.2) is 0 Å². The van der Waals surface area contributed by atoms with Crippen LogP contribution in [0.5, 0.6) is 0 Å². The second kappa shape index (κ2) is 21.3. The number of rotatable bonds is 16. The van der Waals surface area contributed by atoms with Gasteiger partial charge in [-0.25, -0.2) is 0 Å². The van der Waals surface area contributed by atoms with Gasteiger partial charge in [-0.1, -0.05) is 216 Å². The first-order valence-corrected chi connectivity index (χ1v) is 22.2. The zero-order chi connectivity index (χ0) is 45.0. The zero-order valence-electron chi connectivity index (χ0n) is 37.2. The molecule has 0 amide bonds. The van der Waals surface area contributed by atoms with Crippen molar-refractivity contribution in [3.63, 3.8) is 0 Å². The lowest BCUT2D eigenvalue weighted by atomic mass is 9.77. The molecular weight excluding hydrogens is 787 g/mol. The average Bonchev–Trinajstić information content (AvgIpc) is 3.27. The van der Waals surface area contributed by atoms with Gasteiger partial charge in [0.25, 0.3) is 0 Å². The Morgan fingerprint density at radius 2 is 0.613 bits per heavy atom. The number of halogens is 6. The third-order valence-electron chi connectivity index (χ3n) is 12.5. The predicted molar refractivity (Wildman–Crippen MR) is 248 cm³/mol. The van der Waals surface area contributed by atoms with Crippen molar-refractivity contribution < 1.29 is 26.3 Å². The lowest BCUT2D eigenvalue weighted by Crippen LogP contribution is -2.39. The summed E-state index contributed by atoms with van der Waals surface area (Å²) >= 11 is 0. The van der Waals surface area contributed by atoms with Crippen molar-refractivity contribution in [1.82, 2.24) is 0 Å². The molecule has 0 heterocycles. The molecule has 328 valence electrons. The fourth-order valence-corrected chi connectivity index (χ4v) is 8.00. The molecule has 6 rings (SSSR count). The summed E-state index contributed by atoms with van der Waals surface area (Å²) in [5.41, 5.74) is 7.83. The molecule has 6 aromatic rings. The summed E-state index contributed by atoms with van der Waals surface area (Å²) in [6, 6.07) is 46.9. The summed E-state index contributed by atoms with van der Waals surface area (Å²) < 4.78 is 83.8. The molecule has 0 aliphatic heterocycles. The molecule has 2 atom stereocenters. The van der Waals surface area contributed by atoms with Gasteiger partial charge in [0.1, 0.15) is 0 Å². The molecule has 0 saturated carbocycles. The molecule has 0 aliphatic rings. The van der Waals surface area contributed by atoms with Crippen molar-refractivity contribution in [3.05, 3.63) is 168 Å². The summed E-state index contributed by atoms with van der Waals surface area (Å²) in [5.74, 6) is 0. The average molecular weight is 849 g/mol. The number of aryl methyl sites for hydroxylation is 2. The van der Waals surface area contributed by atoms with E-state index < -0.39 is 23.2 Å². The second-order valence-electron chi connectivity index (χ2n) is 17.3. The monoisotopic (exact) mass is 848 g/mol. The first-order chi connectivity index (χ1) is 29.5. The summed E-state index contributed by atoms with van der Waals surface area (Å²) in [4.78, 5) is 0. The standard InChI is InChI=1S/2C28H31F3/c1-4-5-6-7-20-27(3,28(29,30)31)26-18-16-25(17-19-26)24-14-12-23(13-15-24)22-10-8-21(2)9-11-22;1-4-5-6-7-19-27(3,28(29,30)31)26-17-15-23(16-18-26)25-10-8-9-24(20-25)22-13-11-21(2)12-14-22/h8-19H,4-7,20H2,1-3H3;8-18,20H,4-7,19H2,1-3H3. The number of unbranched alkanes of at least 4 members (excludes halogenated alkanes) is 6. The maximum atomic E-state index is 14.0. The summed E-state index contributed by atoms with van der Waals surface area (Å²) in [6.45, 7) is 10.9. The molecule has 0 nitrogen and oxygen atoms in total. The van der Waals surface area contributed by atoms with Crippen LogP contribution in [0.2, 0.25) is 0 Å². The Bertz CT molecular complexity index is 2250. The van der Waals surface area contributed by atoms with Crippen molar-refractivity contribution in [2.45, 2.75) is 129 Å². The summed E-state index contributed by atoms with van der Waals surface area (Å²) in [7, 11) is 0. The second-order valence-corrected chi connectivity index (χ2v) is 17.3. The lowest BCUT2D eigenvalue weighted by Gasteiger charge is -2.33. The number of benzene rings is 6. The molecule has 0 bridgehead atoms. The van der Waals surface area contributed by atoms with E-state index >= 15 is 0 Å². The van der Waals surface area contributed by atoms with Crippen molar-refractivity contribution >= 4 is 0 Å². The lowest BCUT2D eigenvalue weighted by molar-refractivity contribution is -0.188. The maximum Gasteiger partial charge on any atom is 0.398 e. The van der Waals surface area contributed by atoms with Crippen LogP contribution < -0.4 is 0 Å². The van der Waals surface area contributed by atoms with E-state index in [0.717, 1.165) is 83.0 Å². The third kappa shape index (κ3) is 12.1. The van der Waals surface area contributed by atoms with Gasteiger partial charge in [-0.15, -0.1) is 0 Å². The fourth-order valence-electron chi connectivity index (χ4n) is 8.00. The SMILES string of the molecule is CCCCCCC(C)(c1ccc(-c2ccc(-c3ccc(C)cc3)cc2)cc1)C(F)(F)F.CCCCCCC(C)(c1ccc(-c2cccc(-c3ccc(C)cc3)c2)cc1)C(F)(F)F. The van der Waals surface area contributed by atoms with Crippen LogP contribution in [0.3, 0.4) is 0 Å². The van der Waals surface area contributed by atoms with Gasteiger partial charge in [-0.3, -0.25) is 0 Å². The van der Waals surface area contributed by atoms with Gasteiger partial charge in [-0.05, 0) is 102 Å². The number of hydrogen-bond acceptors (Lipinski definition) is 0. The molecule has 6 heteroatoms. The Morgan fingerprint density at radius 1 is 0.339 bits per heavy atom. The normalized spacial score (nSPS) is 13.7. The van der Waals surface area contributed by atoms with Crippen LogP contribution in [0.15, 0.2) is 146 Å². The summed E-state index contributed by atoms with van der Waals surface area (Å²) in [6.07, 6.45) is -1.45. The minimum atomic E-state index is -4.27. The highest BCUT2D eigenvalue weighted by atomic mass is 19.4. The van der Waals surface area contributed by atoms with Crippen LogP contribution in [-0.4, -0.2) is 12.4 Å². The van der Waals surface area contributed by atoms with Gasteiger partial charge in [-0.2, -0.15) is 26.3 Å². The van der Waals surface area contributed by atoms with E-state index in [1.54, 1.807) is 24.3 Å². The van der Waals surface area contributed by atoms with Gasteiger partial charge in [0.05, 0.1) is 10.8 Å². The highest BCUT2D eigenvalue weighted by Crippen LogP contribution is 2.46. The fraction of sp³-hybridized carbons (Fsp3) is 0.357. The molecule has 2 unspecified atom stereocenters. The van der Waals surface area contributed by atoms with Crippen LogP contribution in [0.4, 0.5) is 26.3 Å². The highest BCUT2D eigenvalue weighted by molar-refractivity contribution is 5.74. The molecule has 0 saturated heterocycles. The first kappa shape index (κ1) is 47.9. The molecule has 62 heavy (non-hydrogen) atoms. The van der Waals surface area contributed by atoms with Crippen molar-refractivity contribution in [2.24, 2.45) is 0 Å². The van der Waals surface area contributed by atoms with Crippen LogP contribution in [-0.2, 0) is 10.8 Å². The van der Waals surface area contributed by atoms with E-state index in [-0.39, 0.29) is 12.8 Å². The topological polar surface area (TPSA) is 0 Å². The number of hydrogen-bond donors (Lipinski definition) is 0. The van der Waals surface area contributed by atoms with Gasteiger partial charge >= 0.3 is 12.4 Å². The Kier molecular flexibility index (Phi) is 16.5. The van der Waals surface area contributed by atoms with Crippen LogP contribution in [0.1, 0.15) is 114 Å². The highest BCUT2D eigenvalue weighted by Gasteiger charge is 2.52. The minimum Gasteiger partial charge on any atom is -0.170 e. The minimum absolute atomic E-state index is 0.124. The first-order valence-electron chi connectivity index (χ1n) is 22.2. The van der Waals surface area contributed by atoms with Crippen LogP contribution in [0, 0.1) is 13.8 Å². The Hall–Kier alpha value is -5.10. The predicted octanol–water partition coefficient (Wildman–Crippen LogP) is 18.2. The number of alkyl halides is 6. The van der Waals surface area contributed by atoms with Gasteiger partial charge in [0.2, 0.25) is 0 Å². The van der Waals surface area contributed by atoms with Crippen molar-refractivity contribution in [3.8, 4) is 44.5 Å². The molecule has 0 radical (unpaired) electrons. The quantitative estimate of drug-likeness (QED) is 0.0672.